The normalized spacial score (nSPS) is 13.5. The number of alkyl halides is 1. The fraction of sp³-hybridized carbons (Fsp3) is 0.750. The summed E-state index contributed by atoms with van der Waals surface area (Å²) in [5, 5.41) is 21.9. The van der Waals surface area contributed by atoms with Crippen molar-refractivity contribution in [1.82, 2.24) is 5.32 Å². The van der Waals surface area contributed by atoms with Crippen molar-refractivity contribution in [2.45, 2.75) is 82.8 Å². The molecule has 0 saturated carbocycles. The highest BCUT2D eigenvalue weighted by atomic mass is 79.9. The maximum Gasteiger partial charge on any atom is 0.231 e. The number of hydrogen-bond donors (Lipinski definition) is 3. The lowest BCUT2D eigenvalue weighted by atomic mass is 10.1. The summed E-state index contributed by atoms with van der Waals surface area (Å²) in [6.07, 6.45) is 20.9. The Hall–Kier alpha value is -0.830. The van der Waals surface area contributed by atoms with Gasteiger partial charge in [-0.3, -0.25) is 4.79 Å². The van der Waals surface area contributed by atoms with E-state index in [1.165, 1.54) is 44.9 Å². The highest BCUT2D eigenvalue weighted by Crippen LogP contribution is 2.11. The van der Waals surface area contributed by atoms with Crippen molar-refractivity contribution in [1.29, 1.82) is 0 Å². The molecule has 0 aliphatic heterocycles. The monoisotopic (exact) mass is 415 g/mol. The van der Waals surface area contributed by atoms with Crippen molar-refractivity contribution in [3.8, 4) is 12.3 Å². The maximum absolute atomic E-state index is 11.3. The van der Waals surface area contributed by atoms with E-state index < -0.39 is 12.1 Å². The van der Waals surface area contributed by atoms with E-state index in [4.69, 9.17) is 6.42 Å². The summed E-state index contributed by atoms with van der Waals surface area (Å²) in [4.78, 5) is 11.3. The fourth-order valence-electron chi connectivity index (χ4n) is 2.58. The minimum atomic E-state index is -0.859. The molecule has 1 amide bonds. The van der Waals surface area contributed by atoms with Crippen LogP contribution in [-0.4, -0.2) is 40.2 Å². The lowest BCUT2D eigenvalue weighted by Gasteiger charge is -2.19. The van der Waals surface area contributed by atoms with Gasteiger partial charge in [0.15, 0.2) is 0 Å². The SMILES string of the molecule is C#CCCCCCCCCCCC/C=C/[C@@H](O)[C@H](CO)NC(=O)CBr. The van der Waals surface area contributed by atoms with Crippen molar-refractivity contribution in [2.24, 2.45) is 0 Å². The molecule has 0 saturated heterocycles. The summed E-state index contributed by atoms with van der Waals surface area (Å²) in [6.45, 7) is -0.285. The maximum atomic E-state index is 11.3. The lowest BCUT2D eigenvalue weighted by molar-refractivity contribution is -0.120. The Morgan fingerprint density at radius 3 is 2.16 bits per heavy atom. The van der Waals surface area contributed by atoms with Crippen LogP contribution >= 0.6 is 15.9 Å². The van der Waals surface area contributed by atoms with E-state index in [9.17, 15) is 15.0 Å². The zero-order chi connectivity index (χ0) is 18.8. The number of aliphatic hydroxyl groups is 2. The van der Waals surface area contributed by atoms with Gasteiger partial charge in [0.1, 0.15) is 0 Å². The Morgan fingerprint density at radius 1 is 1.08 bits per heavy atom. The molecule has 2 atom stereocenters. The van der Waals surface area contributed by atoms with Crippen LogP contribution in [0.2, 0.25) is 0 Å². The summed E-state index contributed by atoms with van der Waals surface area (Å²) >= 11 is 3.04. The van der Waals surface area contributed by atoms with E-state index in [1.54, 1.807) is 6.08 Å². The van der Waals surface area contributed by atoms with Gasteiger partial charge in [0, 0.05) is 6.42 Å². The Morgan fingerprint density at radius 2 is 1.64 bits per heavy atom. The summed E-state index contributed by atoms with van der Waals surface area (Å²) in [7, 11) is 0. The molecule has 0 unspecified atom stereocenters. The molecule has 0 radical (unpaired) electrons. The first-order chi connectivity index (χ1) is 12.2. The largest absolute Gasteiger partial charge is 0.394 e. The lowest BCUT2D eigenvalue weighted by Crippen LogP contribution is -2.45. The Labute approximate surface area is 161 Å². The average molecular weight is 416 g/mol. The van der Waals surface area contributed by atoms with Gasteiger partial charge in [0.25, 0.3) is 0 Å². The van der Waals surface area contributed by atoms with Gasteiger partial charge in [-0.15, -0.1) is 12.3 Å². The molecule has 0 aliphatic carbocycles. The molecule has 0 aromatic carbocycles. The smallest absolute Gasteiger partial charge is 0.231 e. The van der Waals surface area contributed by atoms with Crippen LogP contribution in [0, 0.1) is 12.3 Å². The van der Waals surface area contributed by atoms with Crippen LogP contribution in [0.1, 0.15) is 70.6 Å². The fourth-order valence-corrected chi connectivity index (χ4v) is 2.74. The molecule has 5 heteroatoms. The minimum Gasteiger partial charge on any atom is -0.394 e. The second-order valence-corrected chi connectivity index (χ2v) is 6.89. The zero-order valence-electron chi connectivity index (χ0n) is 15.3. The third-order valence-electron chi connectivity index (χ3n) is 4.10. The number of rotatable bonds is 16. The molecule has 0 aliphatic rings. The van der Waals surface area contributed by atoms with Crippen molar-refractivity contribution < 1.29 is 15.0 Å². The van der Waals surface area contributed by atoms with Gasteiger partial charge in [-0.1, -0.05) is 73.0 Å². The average Bonchev–Trinajstić information content (AvgIpc) is 2.63. The number of halogens is 1. The molecule has 0 aromatic heterocycles. The van der Waals surface area contributed by atoms with Crippen molar-refractivity contribution >= 4 is 21.8 Å². The molecule has 0 rings (SSSR count). The molecule has 0 heterocycles. The van der Waals surface area contributed by atoms with Gasteiger partial charge in [-0.05, 0) is 19.3 Å². The van der Waals surface area contributed by atoms with Crippen LogP contribution in [0.3, 0.4) is 0 Å². The van der Waals surface area contributed by atoms with Gasteiger partial charge in [-0.2, -0.15) is 0 Å². The Bertz CT molecular complexity index is 393. The molecular formula is C20H34BrNO3. The van der Waals surface area contributed by atoms with Crippen molar-refractivity contribution in [3.05, 3.63) is 12.2 Å². The standard InChI is InChI=1S/C20H34BrNO3/c1-2-3-4-5-6-7-8-9-10-11-12-13-14-15-19(24)18(17-23)22-20(25)16-21/h1,14-15,18-19,23-24H,3-13,16-17H2,(H,22,25)/b15-14+/t18-,19+/m0/s1. The first-order valence-corrected chi connectivity index (χ1v) is 10.5. The van der Waals surface area contributed by atoms with E-state index >= 15 is 0 Å². The van der Waals surface area contributed by atoms with Crippen LogP contribution in [0.4, 0.5) is 0 Å². The molecule has 144 valence electrons. The molecule has 0 aromatic rings. The number of amides is 1. The first-order valence-electron chi connectivity index (χ1n) is 9.40. The van der Waals surface area contributed by atoms with Crippen molar-refractivity contribution in [2.75, 3.05) is 11.9 Å². The molecule has 0 spiro atoms. The van der Waals surface area contributed by atoms with Gasteiger partial charge >= 0.3 is 0 Å². The number of aliphatic hydroxyl groups excluding tert-OH is 2. The number of nitrogens with one attached hydrogen (secondary N) is 1. The van der Waals surface area contributed by atoms with Crippen LogP contribution < -0.4 is 5.32 Å². The van der Waals surface area contributed by atoms with Gasteiger partial charge < -0.3 is 15.5 Å². The molecule has 0 fully saturated rings. The third kappa shape index (κ3) is 15.2. The van der Waals surface area contributed by atoms with Crippen molar-refractivity contribution in [3.63, 3.8) is 0 Å². The van der Waals surface area contributed by atoms with Gasteiger partial charge in [0.2, 0.25) is 5.91 Å². The number of allylic oxidation sites excluding steroid dienone is 1. The highest BCUT2D eigenvalue weighted by molar-refractivity contribution is 9.09. The first kappa shape index (κ1) is 24.2. The number of hydrogen-bond acceptors (Lipinski definition) is 3. The predicted molar refractivity (Wildman–Crippen MR) is 108 cm³/mol. The minimum absolute atomic E-state index is 0.158. The Kier molecular flexibility index (Phi) is 17.4. The van der Waals surface area contributed by atoms with Gasteiger partial charge in [-0.25, -0.2) is 0 Å². The quantitative estimate of drug-likeness (QED) is 0.156. The second-order valence-electron chi connectivity index (χ2n) is 6.33. The molecule has 3 N–H and O–H groups in total. The predicted octanol–water partition coefficient (Wildman–Crippen LogP) is 3.70. The third-order valence-corrected chi connectivity index (χ3v) is 4.61. The van der Waals surface area contributed by atoms with E-state index in [0.29, 0.717) is 0 Å². The highest BCUT2D eigenvalue weighted by Gasteiger charge is 2.17. The van der Waals surface area contributed by atoms with Crippen LogP contribution in [0.5, 0.6) is 0 Å². The number of unbranched alkanes of at least 4 members (excludes halogenated alkanes) is 10. The zero-order valence-corrected chi connectivity index (χ0v) is 16.8. The van der Waals surface area contributed by atoms with Gasteiger partial charge in [0.05, 0.1) is 24.1 Å². The van der Waals surface area contributed by atoms with E-state index in [-0.39, 0.29) is 17.8 Å². The summed E-state index contributed by atoms with van der Waals surface area (Å²) in [6, 6.07) is -0.651. The molecule has 25 heavy (non-hydrogen) atoms. The van der Waals surface area contributed by atoms with Crippen LogP contribution in [-0.2, 0) is 4.79 Å². The van der Waals surface area contributed by atoms with E-state index in [0.717, 1.165) is 25.7 Å². The van der Waals surface area contributed by atoms with E-state index in [2.05, 4.69) is 27.2 Å². The number of terminal acetylenes is 1. The van der Waals surface area contributed by atoms with E-state index in [1.807, 2.05) is 6.08 Å². The topological polar surface area (TPSA) is 69.6 Å². The van der Waals surface area contributed by atoms with Crippen LogP contribution in [0.15, 0.2) is 12.2 Å². The summed E-state index contributed by atoms with van der Waals surface area (Å²) in [5.74, 6) is 2.43. The number of carbonyl (C=O) groups excluding carboxylic acids is 1. The summed E-state index contributed by atoms with van der Waals surface area (Å²) in [5.41, 5.74) is 0. The second kappa shape index (κ2) is 18.0. The Balaban J connectivity index is 3.55. The molecule has 4 nitrogen and oxygen atoms in total. The molecule has 0 bridgehead atoms. The molecular weight excluding hydrogens is 382 g/mol. The van der Waals surface area contributed by atoms with Crippen LogP contribution in [0.25, 0.3) is 0 Å². The number of carbonyl (C=O) groups is 1. The summed E-state index contributed by atoms with van der Waals surface area (Å²) < 4.78 is 0.